The van der Waals surface area contributed by atoms with Crippen molar-refractivity contribution in [1.29, 1.82) is 0 Å². The summed E-state index contributed by atoms with van der Waals surface area (Å²) >= 11 is 4.53. The summed E-state index contributed by atoms with van der Waals surface area (Å²) in [4.78, 5) is 11.4. The molecule has 0 aromatic carbocycles. The molecule has 5 heteroatoms. The van der Waals surface area contributed by atoms with Crippen LogP contribution in [-0.4, -0.2) is 18.2 Å². The van der Waals surface area contributed by atoms with Crippen molar-refractivity contribution in [2.75, 3.05) is 7.11 Å². The van der Waals surface area contributed by atoms with Crippen LogP contribution in [-0.2, 0) is 9.53 Å². The van der Waals surface area contributed by atoms with Gasteiger partial charge < -0.3 is 9.84 Å². The Morgan fingerprint density at radius 1 is 1.75 bits per heavy atom. The lowest BCUT2D eigenvalue weighted by molar-refractivity contribution is -0.150. The Labute approximate surface area is 82.1 Å². The highest BCUT2D eigenvalue weighted by Gasteiger charge is 2.19. The van der Waals surface area contributed by atoms with Crippen LogP contribution in [0.3, 0.4) is 0 Å². The predicted molar refractivity (Wildman–Crippen MR) is 49.0 cm³/mol. The molecule has 0 spiro atoms. The number of methoxy groups -OCH3 is 1. The van der Waals surface area contributed by atoms with Gasteiger partial charge in [-0.3, -0.25) is 0 Å². The molecule has 0 amide bonds. The van der Waals surface area contributed by atoms with E-state index < -0.39 is 12.1 Å². The molecule has 1 rings (SSSR count). The third kappa shape index (κ3) is 2.06. The van der Waals surface area contributed by atoms with Crippen LogP contribution in [0.4, 0.5) is 0 Å². The Hall–Kier alpha value is -0.390. The number of esters is 1. The average molecular weight is 251 g/mol. The van der Waals surface area contributed by atoms with E-state index in [0.29, 0.717) is 4.88 Å². The molecule has 3 nitrogen and oxygen atoms in total. The van der Waals surface area contributed by atoms with E-state index in [1.54, 1.807) is 12.1 Å². The number of aliphatic hydroxyl groups excluding tert-OH is 1. The minimum Gasteiger partial charge on any atom is -0.467 e. The molecule has 0 bridgehead atoms. The van der Waals surface area contributed by atoms with Gasteiger partial charge in [0.2, 0.25) is 0 Å². The number of halogens is 1. The third-order valence-electron chi connectivity index (χ3n) is 1.29. The number of carbonyl (C=O) groups excluding carboxylic acids is 1. The number of rotatable bonds is 2. The van der Waals surface area contributed by atoms with Crippen molar-refractivity contribution in [1.82, 2.24) is 0 Å². The number of carbonyl (C=O) groups is 1. The van der Waals surface area contributed by atoms with Gasteiger partial charge in [-0.2, -0.15) is 0 Å². The van der Waals surface area contributed by atoms with Gasteiger partial charge in [-0.1, -0.05) is 0 Å². The van der Waals surface area contributed by atoms with Gasteiger partial charge in [0.25, 0.3) is 0 Å². The van der Waals surface area contributed by atoms with Gasteiger partial charge in [-0.05, 0) is 28.1 Å². The number of ether oxygens (including phenoxy) is 1. The lowest BCUT2D eigenvalue weighted by Gasteiger charge is -2.04. The molecule has 1 aromatic heterocycles. The first-order valence-corrected chi connectivity index (χ1v) is 4.77. The van der Waals surface area contributed by atoms with Crippen molar-refractivity contribution in [3.05, 3.63) is 20.8 Å². The number of aliphatic hydroxyl groups is 1. The zero-order valence-electron chi connectivity index (χ0n) is 6.28. The van der Waals surface area contributed by atoms with Gasteiger partial charge in [0.15, 0.2) is 6.10 Å². The first kappa shape index (κ1) is 9.70. The molecule has 1 aromatic rings. The molecular formula is C7H7BrO3S. The normalized spacial score (nSPS) is 12.6. The van der Waals surface area contributed by atoms with E-state index in [4.69, 9.17) is 0 Å². The van der Waals surface area contributed by atoms with Crippen LogP contribution < -0.4 is 0 Å². The molecular weight excluding hydrogens is 244 g/mol. The number of hydrogen-bond donors (Lipinski definition) is 1. The highest BCUT2D eigenvalue weighted by molar-refractivity contribution is 9.11. The van der Waals surface area contributed by atoms with E-state index >= 15 is 0 Å². The predicted octanol–water partition coefficient (Wildman–Crippen LogP) is 1.72. The summed E-state index contributed by atoms with van der Waals surface area (Å²) in [6.07, 6.45) is -1.16. The lowest BCUT2D eigenvalue weighted by atomic mass is 10.3. The van der Waals surface area contributed by atoms with Crippen LogP contribution in [0.1, 0.15) is 11.0 Å². The summed E-state index contributed by atoms with van der Waals surface area (Å²) in [5, 5.41) is 9.32. The van der Waals surface area contributed by atoms with E-state index in [0.717, 1.165) is 3.79 Å². The molecule has 0 aliphatic carbocycles. The van der Waals surface area contributed by atoms with Crippen molar-refractivity contribution < 1.29 is 14.6 Å². The van der Waals surface area contributed by atoms with E-state index in [-0.39, 0.29) is 0 Å². The molecule has 1 atom stereocenters. The minimum absolute atomic E-state index is 0.578. The van der Waals surface area contributed by atoms with E-state index in [1.807, 2.05) is 0 Å². The maximum Gasteiger partial charge on any atom is 0.340 e. The maximum absolute atomic E-state index is 10.8. The minimum atomic E-state index is -1.16. The highest BCUT2D eigenvalue weighted by Crippen LogP contribution is 2.27. The van der Waals surface area contributed by atoms with Gasteiger partial charge in [0.1, 0.15) is 0 Å². The molecule has 0 aliphatic rings. The fourth-order valence-electron chi connectivity index (χ4n) is 0.703. The Kier molecular flexibility index (Phi) is 3.25. The molecule has 0 saturated carbocycles. The molecule has 0 saturated heterocycles. The smallest absolute Gasteiger partial charge is 0.340 e. The zero-order valence-corrected chi connectivity index (χ0v) is 8.68. The molecule has 1 N–H and O–H groups in total. The van der Waals surface area contributed by atoms with Crippen LogP contribution >= 0.6 is 27.3 Å². The largest absolute Gasteiger partial charge is 0.467 e. The third-order valence-corrected chi connectivity index (χ3v) is 2.96. The topological polar surface area (TPSA) is 46.5 Å². The second-order valence-electron chi connectivity index (χ2n) is 2.07. The molecule has 1 unspecified atom stereocenters. The fraction of sp³-hybridized carbons (Fsp3) is 0.286. The van der Waals surface area contributed by atoms with E-state index in [2.05, 4.69) is 20.7 Å². The Morgan fingerprint density at radius 3 is 2.83 bits per heavy atom. The fourth-order valence-corrected chi connectivity index (χ4v) is 2.10. The zero-order chi connectivity index (χ0) is 9.14. The van der Waals surface area contributed by atoms with Crippen molar-refractivity contribution in [2.24, 2.45) is 0 Å². The Morgan fingerprint density at radius 2 is 2.42 bits per heavy atom. The maximum atomic E-state index is 10.8. The van der Waals surface area contributed by atoms with Crippen molar-refractivity contribution in [3.63, 3.8) is 0 Å². The monoisotopic (exact) mass is 250 g/mol. The van der Waals surface area contributed by atoms with Crippen LogP contribution in [0.5, 0.6) is 0 Å². The van der Waals surface area contributed by atoms with E-state index in [9.17, 15) is 9.90 Å². The average Bonchev–Trinajstić information content (AvgIpc) is 2.49. The summed E-state index contributed by atoms with van der Waals surface area (Å²) in [5.41, 5.74) is 0. The van der Waals surface area contributed by atoms with Gasteiger partial charge >= 0.3 is 5.97 Å². The first-order chi connectivity index (χ1) is 5.65. The second kappa shape index (κ2) is 4.02. The molecule has 12 heavy (non-hydrogen) atoms. The Balaban J connectivity index is 2.77. The molecule has 66 valence electrons. The van der Waals surface area contributed by atoms with Crippen LogP contribution in [0.15, 0.2) is 15.9 Å². The SMILES string of the molecule is COC(=O)C(O)c1ccc(Br)s1. The van der Waals surface area contributed by atoms with Crippen molar-refractivity contribution in [3.8, 4) is 0 Å². The second-order valence-corrected chi connectivity index (χ2v) is 4.56. The van der Waals surface area contributed by atoms with E-state index in [1.165, 1.54) is 18.4 Å². The summed E-state index contributed by atoms with van der Waals surface area (Å²) in [6.45, 7) is 0. The number of thiophene rings is 1. The van der Waals surface area contributed by atoms with Crippen LogP contribution in [0.2, 0.25) is 0 Å². The van der Waals surface area contributed by atoms with Crippen molar-refractivity contribution in [2.45, 2.75) is 6.10 Å². The summed E-state index contributed by atoms with van der Waals surface area (Å²) in [6, 6.07) is 3.45. The van der Waals surface area contributed by atoms with Gasteiger partial charge in [0, 0.05) is 4.88 Å². The van der Waals surface area contributed by atoms with Crippen LogP contribution in [0, 0.1) is 0 Å². The van der Waals surface area contributed by atoms with Gasteiger partial charge in [-0.15, -0.1) is 11.3 Å². The van der Waals surface area contributed by atoms with Gasteiger partial charge in [-0.25, -0.2) is 4.79 Å². The van der Waals surface area contributed by atoms with Crippen LogP contribution in [0.25, 0.3) is 0 Å². The summed E-state index contributed by atoms with van der Waals surface area (Å²) in [5.74, 6) is -0.635. The molecule has 1 heterocycles. The molecule has 0 fully saturated rings. The summed E-state index contributed by atoms with van der Waals surface area (Å²) < 4.78 is 5.25. The summed E-state index contributed by atoms with van der Waals surface area (Å²) in [7, 11) is 1.24. The quantitative estimate of drug-likeness (QED) is 0.814. The Bertz CT molecular complexity index is 284. The highest BCUT2D eigenvalue weighted by atomic mass is 79.9. The van der Waals surface area contributed by atoms with Crippen molar-refractivity contribution >= 4 is 33.2 Å². The lowest BCUT2D eigenvalue weighted by Crippen LogP contribution is -2.11. The molecule has 0 aliphatic heterocycles. The molecule has 0 radical (unpaired) electrons. The first-order valence-electron chi connectivity index (χ1n) is 3.16. The van der Waals surface area contributed by atoms with Gasteiger partial charge in [0.05, 0.1) is 10.9 Å². The number of hydrogen-bond acceptors (Lipinski definition) is 4. The standard InChI is InChI=1S/C7H7BrO3S/c1-11-7(10)6(9)4-2-3-5(8)12-4/h2-3,6,9H,1H3.